The van der Waals surface area contributed by atoms with Crippen molar-refractivity contribution < 1.29 is 32.9 Å². The van der Waals surface area contributed by atoms with E-state index in [4.69, 9.17) is 28.1 Å². The van der Waals surface area contributed by atoms with Crippen LogP contribution < -0.4 is 18.9 Å². The molecular weight excluding hydrogens is 390 g/mol. The average molecular weight is 411 g/mol. The molecule has 156 valence electrons. The number of methoxy groups -OCH3 is 1. The molecule has 30 heavy (non-hydrogen) atoms. The fourth-order valence-electron chi connectivity index (χ4n) is 3.57. The number of carbonyl (C=O) groups excluding carboxylic acids is 1. The summed E-state index contributed by atoms with van der Waals surface area (Å²) in [5.41, 5.74) is 0.648. The second kappa shape index (κ2) is 7.79. The van der Waals surface area contributed by atoms with E-state index in [0.717, 1.165) is 11.1 Å². The highest BCUT2D eigenvalue weighted by Crippen LogP contribution is 2.35. The molecule has 0 saturated carbocycles. The molecule has 8 heteroatoms. The minimum absolute atomic E-state index is 0.165. The summed E-state index contributed by atoms with van der Waals surface area (Å²) in [4.78, 5) is 14.7. The van der Waals surface area contributed by atoms with Crippen molar-refractivity contribution >= 4 is 16.9 Å². The average Bonchev–Trinajstić information content (AvgIpc) is 3.43. The first-order valence-electron chi connectivity index (χ1n) is 9.70. The van der Waals surface area contributed by atoms with E-state index < -0.39 is 0 Å². The number of nitrogens with zero attached hydrogens (tertiary/aromatic N) is 1. The van der Waals surface area contributed by atoms with Gasteiger partial charge in [0.2, 0.25) is 6.79 Å². The fraction of sp³-hybridized carbons (Fsp3) is 0.318. The van der Waals surface area contributed by atoms with Crippen molar-refractivity contribution in [2.24, 2.45) is 0 Å². The molecule has 1 saturated heterocycles. The van der Waals surface area contributed by atoms with E-state index in [-0.39, 0.29) is 18.8 Å². The lowest BCUT2D eigenvalue weighted by Gasteiger charge is -2.32. The summed E-state index contributed by atoms with van der Waals surface area (Å²) in [7, 11) is 1.60. The van der Waals surface area contributed by atoms with Crippen LogP contribution in [0.1, 0.15) is 10.6 Å². The highest BCUT2D eigenvalue weighted by Gasteiger charge is 2.28. The third-order valence-corrected chi connectivity index (χ3v) is 5.14. The molecule has 0 aliphatic carbocycles. The summed E-state index contributed by atoms with van der Waals surface area (Å²) in [5, 5.41) is 0.827. The summed E-state index contributed by atoms with van der Waals surface area (Å²) in [6, 6.07) is 12.6. The van der Waals surface area contributed by atoms with Crippen LogP contribution >= 0.6 is 0 Å². The minimum atomic E-state index is -0.238. The SMILES string of the molecule is COc1ccc2oc(C(=O)N3CCOC(COc4ccc5c(c4)OCO5)C3)cc2c1. The highest BCUT2D eigenvalue weighted by atomic mass is 16.7. The van der Waals surface area contributed by atoms with Crippen LogP contribution in [0.3, 0.4) is 0 Å². The summed E-state index contributed by atoms with van der Waals surface area (Å²) >= 11 is 0. The maximum absolute atomic E-state index is 12.9. The fourth-order valence-corrected chi connectivity index (χ4v) is 3.57. The first-order chi connectivity index (χ1) is 14.7. The van der Waals surface area contributed by atoms with Crippen LogP contribution in [0, 0.1) is 0 Å². The van der Waals surface area contributed by atoms with Crippen LogP contribution in [0.15, 0.2) is 46.9 Å². The van der Waals surface area contributed by atoms with Gasteiger partial charge in [-0.2, -0.15) is 0 Å². The second-order valence-electron chi connectivity index (χ2n) is 7.08. The molecule has 5 rings (SSSR count). The molecule has 1 aromatic heterocycles. The van der Waals surface area contributed by atoms with Crippen LogP contribution in [0.2, 0.25) is 0 Å². The molecule has 1 atom stereocenters. The van der Waals surface area contributed by atoms with Crippen molar-refractivity contribution in [1.82, 2.24) is 4.90 Å². The second-order valence-corrected chi connectivity index (χ2v) is 7.08. The molecule has 3 aromatic rings. The molecule has 1 fully saturated rings. The molecule has 1 amide bonds. The van der Waals surface area contributed by atoms with Gasteiger partial charge >= 0.3 is 0 Å². The Morgan fingerprint density at radius 2 is 1.97 bits per heavy atom. The topological polar surface area (TPSA) is 79.6 Å². The zero-order valence-electron chi connectivity index (χ0n) is 16.5. The number of rotatable bonds is 5. The van der Waals surface area contributed by atoms with E-state index in [2.05, 4.69) is 0 Å². The van der Waals surface area contributed by atoms with E-state index in [1.165, 1.54) is 0 Å². The maximum atomic E-state index is 12.9. The van der Waals surface area contributed by atoms with Gasteiger partial charge in [0.15, 0.2) is 17.3 Å². The van der Waals surface area contributed by atoms with Gasteiger partial charge in [-0.25, -0.2) is 0 Å². The molecule has 8 nitrogen and oxygen atoms in total. The van der Waals surface area contributed by atoms with Crippen molar-refractivity contribution in [2.45, 2.75) is 6.10 Å². The molecule has 2 aliphatic heterocycles. The van der Waals surface area contributed by atoms with E-state index in [9.17, 15) is 4.79 Å². The monoisotopic (exact) mass is 411 g/mol. The lowest BCUT2D eigenvalue weighted by Crippen LogP contribution is -2.47. The number of morpholine rings is 1. The maximum Gasteiger partial charge on any atom is 0.289 e. The Morgan fingerprint density at radius 3 is 2.87 bits per heavy atom. The molecule has 2 aromatic carbocycles. The zero-order valence-corrected chi connectivity index (χ0v) is 16.5. The third-order valence-electron chi connectivity index (χ3n) is 5.14. The number of amides is 1. The van der Waals surface area contributed by atoms with Crippen LogP contribution in [-0.2, 0) is 4.74 Å². The van der Waals surface area contributed by atoms with Crippen LogP contribution in [0.4, 0.5) is 0 Å². The Hall–Kier alpha value is -3.39. The summed E-state index contributed by atoms with van der Waals surface area (Å²) in [6.07, 6.45) is -0.238. The number of hydrogen-bond donors (Lipinski definition) is 0. The van der Waals surface area contributed by atoms with Gasteiger partial charge in [0.1, 0.15) is 29.8 Å². The molecule has 0 spiro atoms. The predicted molar refractivity (Wildman–Crippen MR) is 106 cm³/mol. The number of hydrogen-bond acceptors (Lipinski definition) is 7. The zero-order chi connectivity index (χ0) is 20.5. The third kappa shape index (κ3) is 3.61. The summed E-state index contributed by atoms with van der Waals surface area (Å²) in [6.45, 7) is 1.90. The molecular formula is C22H21NO7. The predicted octanol–water partition coefficient (Wildman–Crippen LogP) is 3.09. The number of furan rings is 1. The molecule has 3 heterocycles. The van der Waals surface area contributed by atoms with Crippen LogP contribution in [0.25, 0.3) is 11.0 Å². The van der Waals surface area contributed by atoms with Gasteiger partial charge in [-0.1, -0.05) is 0 Å². The van der Waals surface area contributed by atoms with Crippen molar-refractivity contribution in [1.29, 1.82) is 0 Å². The normalized spacial score (nSPS) is 17.9. The van der Waals surface area contributed by atoms with Gasteiger partial charge in [-0.05, 0) is 36.4 Å². The van der Waals surface area contributed by atoms with Crippen molar-refractivity contribution in [3.63, 3.8) is 0 Å². The highest BCUT2D eigenvalue weighted by molar-refractivity contribution is 5.96. The van der Waals surface area contributed by atoms with Gasteiger partial charge in [0, 0.05) is 18.0 Å². The van der Waals surface area contributed by atoms with Crippen molar-refractivity contribution in [3.05, 3.63) is 48.2 Å². The molecule has 0 radical (unpaired) electrons. The van der Waals surface area contributed by atoms with Gasteiger partial charge in [-0.3, -0.25) is 4.79 Å². The number of fused-ring (bicyclic) bond motifs is 2. The first kappa shape index (κ1) is 18.6. The Bertz CT molecular complexity index is 1080. The molecule has 1 unspecified atom stereocenters. The van der Waals surface area contributed by atoms with Crippen molar-refractivity contribution in [3.8, 4) is 23.0 Å². The molecule has 0 bridgehead atoms. The lowest BCUT2D eigenvalue weighted by atomic mass is 10.2. The number of carbonyl (C=O) groups is 1. The molecule has 0 N–H and O–H groups in total. The standard InChI is InChI=1S/C22H21NO7/c1-25-15-2-4-18-14(8-15)9-21(30-18)22(24)23-6-7-26-17(11-23)12-27-16-3-5-19-20(10-16)29-13-28-19/h2-5,8-10,17H,6-7,11-13H2,1H3. The van der Waals surface area contributed by atoms with E-state index in [1.807, 2.05) is 18.2 Å². The Labute approximate surface area is 172 Å². The van der Waals surface area contributed by atoms with Crippen molar-refractivity contribution in [2.75, 3.05) is 40.2 Å². The van der Waals surface area contributed by atoms with Gasteiger partial charge in [0.25, 0.3) is 5.91 Å². The lowest BCUT2D eigenvalue weighted by molar-refractivity contribution is -0.0407. The minimum Gasteiger partial charge on any atom is -0.497 e. The number of benzene rings is 2. The quantitative estimate of drug-likeness (QED) is 0.638. The summed E-state index contributed by atoms with van der Waals surface area (Å²) < 4.78 is 33.3. The van der Waals surface area contributed by atoms with Gasteiger partial charge < -0.3 is 33.0 Å². The first-order valence-corrected chi connectivity index (χ1v) is 9.70. The van der Waals surface area contributed by atoms with Crippen LogP contribution in [-0.4, -0.2) is 57.1 Å². The largest absolute Gasteiger partial charge is 0.497 e. The number of ether oxygens (including phenoxy) is 5. The van der Waals surface area contributed by atoms with E-state index in [1.54, 1.807) is 36.3 Å². The van der Waals surface area contributed by atoms with Gasteiger partial charge in [-0.15, -0.1) is 0 Å². The van der Waals surface area contributed by atoms with Gasteiger partial charge in [0.05, 0.1) is 20.3 Å². The summed E-state index contributed by atoms with van der Waals surface area (Å²) in [5.74, 6) is 2.89. The molecule has 2 aliphatic rings. The smallest absolute Gasteiger partial charge is 0.289 e. The van der Waals surface area contributed by atoms with Crippen LogP contribution in [0.5, 0.6) is 23.0 Å². The van der Waals surface area contributed by atoms with E-state index in [0.29, 0.717) is 54.9 Å². The Balaban J connectivity index is 1.23. The Morgan fingerprint density at radius 1 is 1.10 bits per heavy atom. The Kier molecular flexibility index (Phi) is 4.84. The van der Waals surface area contributed by atoms with E-state index >= 15 is 0 Å².